The minimum atomic E-state index is -0.263. The molecule has 0 spiro atoms. The molecule has 0 bridgehead atoms. The number of benzene rings is 1. The summed E-state index contributed by atoms with van der Waals surface area (Å²) in [6, 6.07) is 4.45. The van der Waals surface area contributed by atoms with Crippen LogP contribution in [0, 0.1) is 12.7 Å². The molecule has 1 aromatic rings. The maximum absolute atomic E-state index is 12.8. The lowest BCUT2D eigenvalue weighted by atomic mass is 10.1. The Hall–Kier alpha value is -1.42. The highest BCUT2D eigenvalue weighted by Gasteiger charge is 2.03. The first-order chi connectivity index (χ1) is 7.15. The van der Waals surface area contributed by atoms with Gasteiger partial charge >= 0.3 is 0 Å². The topological polar surface area (TPSA) is 47.6 Å². The highest BCUT2D eigenvalue weighted by molar-refractivity contribution is 5.98. The van der Waals surface area contributed by atoms with Crippen LogP contribution in [-0.4, -0.2) is 26.1 Å². The van der Waals surface area contributed by atoms with Gasteiger partial charge in [-0.25, -0.2) is 4.39 Å². The van der Waals surface area contributed by atoms with Gasteiger partial charge < -0.3 is 10.5 Å². The molecule has 1 aromatic carbocycles. The molecule has 0 aromatic heterocycles. The molecule has 0 saturated carbocycles. The molecule has 15 heavy (non-hydrogen) atoms. The van der Waals surface area contributed by atoms with Crippen molar-refractivity contribution in [1.82, 2.24) is 0 Å². The molecule has 0 heterocycles. The van der Waals surface area contributed by atoms with Gasteiger partial charge in [-0.2, -0.15) is 0 Å². The Labute approximate surface area is 88.8 Å². The van der Waals surface area contributed by atoms with E-state index < -0.39 is 0 Å². The average Bonchev–Trinajstić information content (AvgIpc) is 2.17. The third kappa shape index (κ3) is 3.32. The van der Waals surface area contributed by atoms with Crippen molar-refractivity contribution in [1.29, 1.82) is 0 Å². The lowest BCUT2D eigenvalue weighted by Gasteiger charge is -2.05. The zero-order valence-corrected chi connectivity index (χ0v) is 8.96. The van der Waals surface area contributed by atoms with E-state index in [0.29, 0.717) is 19.0 Å². The molecule has 0 atom stereocenters. The zero-order valence-electron chi connectivity index (χ0n) is 8.96. The average molecular weight is 210 g/mol. The Morgan fingerprint density at radius 2 is 2.27 bits per heavy atom. The second-order valence-electron chi connectivity index (χ2n) is 3.22. The van der Waals surface area contributed by atoms with E-state index in [4.69, 9.17) is 10.5 Å². The minimum Gasteiger partial charge on any atom is -0.383 e. The van der Waals surface area contributed by atoms with Gasteiger partial charge in [0.2, 0.25) is 0 Å². The summed E-state index contributed by atoms with van der Waals surface area (Å²) in [7, 11) is 1.61. The lowest BCUT2D eigenvalue weighted by molar-refractivity contribution is 0.208. The quantitative estimate of drug-likeness (QED) is 0.465. The fraction of sp³-hybridized carbons (Fsp3) is 0.364. The number of halogens is 1. The number of nitrogens with two attached hydrogens (primary N) is 1. The van der Waals surface area contributed by atoms with Crippen molar-refractivity contribution in [2.45, 2.75) is 6.92 Å². The number of methoxy groups -OCH3 is 1. The maximum Gasteiger partial charge on any atom is 0.125 e. The van der Waals surface area contributed by atoms with Gasteiger partial charge in [0, 0.05) is 12.7 Å². The number of hydrogen-bond acceptors (Lipinski definition) is 2. The van der Waals surface area contributed by atoms with Crippen LogP contribution in [0.15, 0.2) is 23.2 Å². The second kappa shape index (κ2) is 5.46. The van der Waals surface area contributed by atoms with E-state index in [1.54, 1.807) is 20.1 Å². The van der Waals surface area contributed by atoms with Crippen LogP contribution in [0.5, 0.6) is 0 Å². The van der Waals surface area contributed by atoms with Gasteiger partial charge in [0.25, 0.3) is 0 Å². The van der Waals surface area contributed by atoms with Gasteiger partial charge in [-0.15, -0.1) is 0 Å². The standard InChI is InChI=1S/C11H15FN2O/c1-8-7-9(12)3-4-10(8)11(13)14-5-6-15-2/h3-4,7H,5-6H2,1-2H3,(H2,13,14). The summed E-state index contributed by atoms with van der Waals surface area (Å²) < 4.78 is 17.7. The largest absolute Gasteiger partial charge is 0.383 e. The van der Waals surface area contributed by atoms with E-state index in [1.807, 2.05) is 0 Å². The summed E-state index contributed by atoms with van der Waals surface area (Å²) in [5, 5.41) is 0. The molecule has 1 rings (SSSR count). The van der Waals surface area contributed by atoms with Gasteiger partial charge in [0.15, 0.2) is 0 Å². The molecule has 82 valence electrons. The molecule has 2 N–H and O–H groups in total. The molecule has 0 aliphatic heterocycles. The van der Waals surface area contributed by atoms with Crippen molar-refractivity contribution in [3.63, 3.8) is 0 Å². The molecule has 4 heteroatoms. The minimum absolute atomic E-state index is 0.263. The van der Waals surface area contributed by atoms with E-state index in [1.165, 1.54) is 12.1 Å². The first-order valence-corrected chi connectivity index (χ1v) is 4.70. The van der Waals surface area contributed by atoms with Crippen molar-refractivity contribution in [2.75, 3.05) is 20.3 Å². The number of ether oxygens (including phenoxy) is 1. The number of amidine groups is 1. The van der Waals surface area contributed by atoms with Crippen molar-refractivity contribution >= 4 is 5.84 Å². The van der Waals surface area contributed by atoms with Gasteiger partial charge in [0.05, 0.1) is 13.2 Å². The number of hydrogen-bond donors (Lipinski definition) is 1. The fourth-order valence-corrected chi connectivity index (χ4v) is 1.26. The molecular weight excluding hydrogens is 195 g/mol. The van der Waals surface area contributed by atoms with Crippen molar-refractivity contribution in [3.8, 4) is 0 Å². The first-order valence-electron chi connectivity index (χ1n) is 4.70. The van der Waals surface area contributed by atoms with Crippen LogP contribution in [0.4, 0.5) is 4.39 Å². The van der Waals surface area contributed by atoms with Crippen LogP contribution in [0.2, 0.25) is 0 Å². The van der Waals surface area contributed by atoms with Gasteiger partial charge in [-0.3, -0.25) is 4.99 Å². The van der Waals surface area contributed by atoms with Crippen LogP contribution in [0.1, 0.15) is 11.1 Å². The summed E-state index contributed by atoms with van der Waals surface area (Å²) in [5.74, 6) is 0.158. The molecular formula is C11H15FN2O. The van der Waals surface area contributed by atoms with Crippen LogP contribution >= 0.6 is 0 Å². The molecule has 0 unspecified atom stereocenters. The Balaban J connectivity index is 2.81. The normalized spacial score (nSPS) is 11.8. The van der Waals surface area contributed by atoms with Crippen molar-refractivity contribution in [3.05, 3.63) is 35.1 Å². The molecule has 0 saturated heterocycles. The number of aliphatic imine (C=N–C) groups is 1. The molecule has 0 aliphatic carbocycles. The van der Waals surface area contributed by atoms with Crippen LogP contribution in [0.25, 0.3) is 0 Å². The Morgan fingerprint density at radius 1 is 1.53 bits per heavy atom. The third-order valence-corrected chi connectivity index (χ3v) is 2.04. The van der Waals surface area contributed by atoms with Crippen LogP contribution < -0.4 is 5.73 Å². The van der Waals surface area contributed by atoms with E-state index in [2.05, 4.69) is 4.99 Å². The summed E-state index contributed by atoms with van der Waals surface area (Å²) in [6.07, 6.45) is 0. The number of rotatable bonds is 4. The molecule has 0 fully saturated rings. The van der Waals surface area contributed by atoms with E-state index in [-0.39, 0.29) is 5.82 Å². The zero-order chi connectivity index (χ0) is 11.3. The highest BCUT2D eigenvalue weighted by Crippen LogP contribution is 2.09. The summed E-state index contributed by atoms with van der Waals surface area (Å²) in [4.78, 5) is 4.12. The van der Waals surface area contributed by atoms with Crippen LogP contribution in [0.3, 0.4) is 0 Å². The SMILES string of the molecule is COCCN=C(N)c1ccc(F)cc1C. The van der Waals surface area contributed by atoms with E-state index in [9.17, 15) is 4.39 Å². The Morgan fingerprint density at radius 3 is 2.87 bits per heavy atom. The Bertz CT molecular complexity index is 364. The predicted molar refractivity (Wildman–Crippen MR) is 58.6 cm³/mol. The van der Waals surface area contributed by atoms with Crippen molar-refractivity contribution < 1.29 is 9.13 Å². The number of aryl methyl sites for hydroxylation is 1. The smallest absolute Gasteiger partial charge is 0.125 e. The third-order valence-electron chi connectivity index (χ3n) is 2.04. The van der Waals surface area contributed by atoms with Gasteiger partial charge in [-0.1, -0.05) is 0 Å². The summed E-state index contributed by atoms with van der Waals surface area (Å²) in [5.41, 5.74) is 7.32. The molecule has 0 aliphatic rings. The maximum atomic E-state index is 12.8. The number of nitrogens with zero attached hydrogens (tertiary/aromatic N) is 1. The first kappa shape index (κ1) is 11.7. The van der Waals surface area contributed by atoms with E-state index in [0.717, 1.165) is 11.1 Å². The monoisotopic (exact) mass is 210 g/mol. The van der Waals surface area contributed by atoms with Crippen molar-refractivity contribution in [2.24, 2.45) is 10.7 Å². The molecule has 0 radical (unpaired) electrons. The molecule has 3 nitrogen and oxygen atoms in total. The van der Waals surface area contributed by atoms with Gasteiger partial charge in [-0.05, 0) is 30.7 Å². The second-order valence-corrected chi connectivity index (χ2v) is 3.22. The lowest BCUT2D eigenvalue weighted by Crippen LogP contribution is -2.16. The Kier molecular flexibility index (Phi) is 4.24. The summed E-state index contributed by atoms with van der Waals surface area (Å²) in [6.45, 7) is 2.84. The van der Waals surface area contributed by atoms with Crippen LogP contribution in [-0.2, 0) is 4.74 Å². The molecule has 0 amide bonds. The van der Waals surface area contributed by atoms with E-state index >= 15 is 0 Å². The summed E-state index contributed by atoms with van der Waals surface area (Å²) >= 11 is 0. The fourth-order valence-electron chi connectivity index (χ4n) is 1.26. The highest BCUT2D eigenvalue weighted by atomic mass is 19.1. The van der Waals surface area contributed by atoms with Gasteiger partial charge in [0.1, 0.15) is 11.7 Å². The predicted octanol–water partition coefficient (Wildman–Crippen LogP) is 1.49.